The number of nitrogens with zero attached hydrogens (tertiary/aromatic N) is 5. The Morgan fingerprint density at radius 3 is 2.63 bits per heavy atom. The molecule has 8 heteroatoms. The van der Waals surface area contributed by atoms with E-state index in [1.807, 2.05) is 24.9 Å². The van der Waals surface area contributed by atoms with Crippen molar-refractivity contribution in [2.75, 3.05) is 18.4 Å². The first kappa shape index (κ1) is 20.4. The molecule has 0 atom stereocenters. The van der Waals surface area contributed by atoms with Crippen molar-refractivity contribution < 1.29 is 9.32 Å². The summed E-state index contributed by atoms with van der Waals surface area (Å²) in [5.74, 6) is 2.19. The molecule has 4 rings (SSSR count). The van der Waals surface area contributed by atoms with Gasteiger partial charge in [0.2, 0.25) is 0 Å². The number of piperidine rings is 1. The Bertz CT molecular complexity index is 1040. The molecule has 1 N–H and O–H groups in total. The molecule has 0 bridgehead atoms. The molecule has 0 saturated carbocycles. The van der Waals surface area contributed by atoms with E-state index >= 15 is 0 Å². The van der Waals surface area contributed by atoms with Crippen LogP contribution in [0.15, 0.2) is 29.2 Å². The van der Waals surface area contributed by atoms with Crippen molar-refractivity contribution in [2.24, 2.45) is 0 Å². The number of likely N-dealkylation sites (tertiary alicyclic amines) is 1. The lowest BCUT2D eigenvalue weighted by Crippen LogP contribution is -2.38. The van der Waals surface area contributed by atoms with Crippen molar-refractivity contribution in [1.29, 1.82) is 0 Å². The third-order valence-corrected chi connectivity index (χ3v) is 5.44. The molecule has 1 aliphatic rings. The van der Waals surface area contributed by atoms with E-state index in [-0.39, 0.29) is 23.3 Å². The van der Waals surface area contributed by atoms with Crippen molar-refractivity contribution in [2.45, 2.75) is 64.8 Å². The zero-order chi connectivity index (χ0) is 21.5. The van der Waals surface area contributed by atoms with Crippen LogP contribution in [-0.4, -0.2) is 49.0 Å². The van der Waals surface area contributed by atoms with Gasteiger partial charge in [-0.05, 0) is 33.6 Å². The molecule has 8 nitrogen and oxygen atoms in total. The van der Waals surface area contributed by atoms with Gasteiger partial charge >= 0.3 is 0 Å². The minimum absolute atomic E-state index is 0.0589. The van der Waals surface area contributed by atoms with Crippen LogP contribution in [0.25, 0.3) is 5.65 Å². The minimum atomic E-state index is -0.0915. The molecule has 3 aromatic heterocycles. The number of carbonyl (C=O) groups is 1. The largest absolute Gasteiger partial charge is 0.365 e. The molecule has 4 heterocycles. The van der Waals surface area contributed by atoms with Crippen LogP contribution >= 0.6 is 0 Å². The number of fused-ring (bicyclic) bond motifs is 1. The quantitative estimate of drug-likeness (QED) is 0.697. The van der Waals surface area contributed by atoms with Gasteiger partial charge < -0.3 is 14.7 Å². The Hall–Kier alpha value is -2.90. The minimum Gasteiger partial charge on any atom is -0.365 e. The summed E-state index contributed by atoms with van der Waals surface area (Å²) in [6, 6.07) is 1.76. The van der Waals surface area contributed by atoms with Crippen LogP contribution in [0.2, 0.25) is 0 Å². The lowest BCUT2D eigenvalue weighted by Gasteiger charge is -2.32. The third-order valence-electron chi connectivity index (χ3n) is 5.44. The SMILES string of the molecule is CC(C)c1cc(C(=O)N2CCC(c3nc4cnccn4c3NC(C)(C)C)CC2)no1. The second kappa shape index (κ2) is 7.74. The first-order chi connectivity index (χ1) is 14.2. The van der Waals surface area contributed by atoms with Crippen LogP contribution in [0.4, 0.5) is 5.82 Å². The normalized spacial score (nSPS) is 15.9. The van der Waals surface area contributed by atoms with Gasteiger partial charge in [-0.1, -0.05) is 19.0 Å². The Balaban J connectivity index is 1.52. The Kier molecular flexibility index (Phi) is 5.26. The maximum absolute atomic E-state index is 12.8. The number of hydrogen-bond donors (Lipinski definition) is 1. The molecule has 1 fully saturated rings. The number of aromatic nitrogens is 4. The number of hydrogen-bond acceptors (Lipinski definition) is 6. The van der Waals surface area contributed by atoms with E-state index in [9.17, 15) is 4.79 Å². The topological polar surface area (TPSA) is 88.6 Å². The summed E-state index contributed by atoms with van der Waals surface area (Å²) in [4.78, 5) is 23.8. The lowest BCUT2D eigenvalue weighted by molar-refractivity contribution is 0.0701. The highest BCUT2D eigenvalue weighted by molar-refractivity contribution is 5.92. The van der Waals surface area contributed by atoms with E-state index in [1.165, 1.54) is 0 Å². The molecular weight excluding hydrogens is 380 g/mol. The molecule has 0 radical (unpaired) electrons. The van der Waals surface area contributed by atoms with E-state index in [4.69, 9.17) is 9.51 Å². The van der Waals surface area contributed by atoms with Gasteiger partial charge in [-0.3, -0.25) is 14.2 Å². The predicted molar refractivity (Wildman–Crippen MR) is 115 cm³/mol. The van der Waals surface area contributed by atoms with E-state index in [2.05, 4.69) is 40.6 Å². The van der Waals surface area contributed by atoms with Gasteiger partial charge in [0.15, 0.2) is 11.3 Å². The molecule has 160 valence electrons. The van der Waals surface area contributed by atoms with Crippen molar-refractivity contribution in [3.63, 3.8) is 0 Å². The van der Waals surface area contributed by atoms with Gasteiger partial charge in [-0.15, -0.1) is 0 Å². The fourth-order valence-electron chi connectivity index (χ4n) is 3.87. The Labute approximate surface area is 176 Å². The molecule has 1 saturated heterocycles. The van der Waals surface area contributed by atoms with Crippen LogP contribution in [-0.2, 0) is 0 Å². The molecule has 0 unspecified atom stereocenters. The summed E-state index contributed by atoms with van der Waals surface area (Å²) in [7, 11) is 0. The number of rotatable bonds is 4. The van der Waals surface area contributed by atoms with E-state index in [1.54, 1.807) is 18.5 Å². The highest BCUT2D eigenvalue weighted by Gasteiger charge is 2.30. The highest BCUT2D eigenvalue weighted by Crippen LogP contribution is 2.34. The lowest BCUT2D eigenvalue weighted by atomic mass is 9.92. The third kappa shape index (κ3) is 4.04. The molecule has 3 aromatic rings. The van der Waals surface area contributed by atoms with Crippen molar-refractivity contribution in [3.05, 3.63) is 41.8 Å². The predicted octanol–water partition coefficient (Wildman–Crippen LogP) is 4.07. The summed E-state index contributed by atoms with van der Waals surface area (Å²) >= 11 is 0. The molecule has 0 aromatic carbocycles. The van der Waals surface area contributed by atoms with Gasteiger partial charge in [-0.25, -0.2) is 4.98 Å². The summed E-state index contributed by atoms with van der Waals surface area (Å²) in [5, 5.41) is 7.59. The zero-order valence-electron chi connectivity index (χ0n) is 18.3. The van der Waals surface area contributed by atoms with E-state index < -0.39 is 0 Å². The second-order valence-corrected chi connectivity index (χ2v) is 9.36. The number of nitrogens with one attached hydrogen (secondary N) is 1. The second-order valence-electron chi connectivity index (χ2n) is 9.36. The van der Waals surface area contributed by atoms with Crippen molar-refractivity contribution in [3.8, 4) is 0 Å². The molecule has 0 spiro atoms. The maximum atomic E-state index is 12.8. The van der Waals surface area contributed by atoms with Crippen LogP contribution in [0.3, 0.4) is 0 Å². The van der Waals surface area contributed by atoms with Gasteiger partial charge in [-0.2, -0.15) is 0 Å². The standard InChI is InChI=1S/C22H30N6O2/c1-14(2)17-12-16(26-30-17)21(29)27-9-6-15(7-10-27)19-20(25-22(3,4)5)28-11-8-23-13-18(28)24-19/h8,11-15,25H,6-7,9-10H2,1-5H3. The first-order valence-corrected chi connectivity index (χ1v) is 10.6. The fourth-order valence-corrected chi connectivity index (χ4v) is 3.87. The molecule has 0 aliphatic carbocycles. The molecule has 1 amide bonds. The van der Waals surface area contributed by atoms with Crippen LogP contribution in [0.1, 0.15) is 81.2 Å². The summed E-state index contributed by atoms with van der Waals surface area (Å²) < 4.78 is 7.36. The van der Waals surface area contributed by atoms with Crippen LogP contribution in [0, 0.1) is 0 Å². The van der Waals surface area contributed by atoms with Gasteiger partial charge in [0.25, 0.3) is 5.91 Å². The smallest absolute Gasteiger partial charge is 0.276 e. The average molecular weight is 411 g/mol. The summed E-state index contributed by atoms with van der Waals surface area (Å²) in [5.41, 5.74) is 2.19. The number of anilines is 1. The molecule has 30 heavy (non-hydrogen) atoms. The molecular formula is C22H30N6O2. The maximum Gasteiger partial charge on any atom is 0.276 e. The van der Waals surface area contributed by atoms with Crippen LogP contribution in [0.5, 0.6) is 0 Å². The van der Waals surface area contributed by atoms with Crippen molar-refractivity contribution in [1.82, 2.24) is 24.4 Å². The number of imidazole rings is 1. The van der Waals surface area contributed by atoms with Gasteiger partial charge in [0.05, 0.1) is 11.9 Å². The summed E-state index contributed by atoms with van der Waals surface area (Å²) in [6.45, 7) is 11.8. The number of carbonyl (C=O) groups excluding carboxylic acids is 1. The van der Waals surface area contributed by atoms with E-state index in [0.29, 0.717) is 18.8 Å². The Morgan fingerprint density at radius 1 is 1.27 bits per heavy atom. The molecule has 1 aliphatic heterocycles. The Morgan fingerprint density at radius 2 is 2.00 bits per heavy atom. The monoisotopic (exact) mass is 410 g/mol. The summed E-state index contributed by atoms with van der Waals surface area (Å²) in [6.07, 6.45) is 7.22. The van der Waals surface area contributed by atoms with Gasteiger partial charge in [0, 0.05) is 48.9 Å². The zero-order valence-corrected chi connectivity index (χ0v) is 18.3. The first-order valence-electron chi connectivity index (χ1n) is 10.6. The number of amides is 1. The van der Waals surface area contributed by atoms with Crippen LogP contribution < -0.4 is 5.32 Å². The fraction of sp³-hybridized carbons (Fsp3) is 0.545. The van der Waals surface area contributed by atoms with Gasteiger partial charge in [0.1, 0.15) is 11.6 Å². The van der Waals surface area contributed by atoms with E-state index in [0.717, 1.165) is 35.8 Å². The highest BCUT2D eigenvalue weighted by atomic mass is 16.5. The average Bonchev–Trinajstić information content (AvgIpc) is 3.33. The van der Waals surface area contributed by atoms with Crippen molar-refractivity contribution >= 4 is 17.4 Å².